The van der Waals surface area contributed by atoms with Crippen LogP contribution in [0.2, 0.25) is 0 Å². The van der Waals surface area contributed by atoms with E-state index in [9.17, 15) is 9.59 Å². The molecule has 0 radical (unpaired) electrons. The van der Waals surface area contributed by atoms with Gasteiger partial charge in [-0.2, -0.15) is 10.1 Å². The van der Waals surface area contributed by atoms with Gasteiger partial charge < -0.3 is 9.47 Å². The fourth-order valence-corrected chi connectivity index (χ4v) is 3.45. The first-order valence-corrected chi connectivity index (χ1v) is 10.2. The molecule has 0 fully saturated rings. The van der Waals surface area contributed by atoms with Crippen molar-refractivity contribution >= 4 is 23.3 Å². The van der Waals surface area contributed by atoms with Crippen molar-refractivity contribution < 1.29 is 9.47 Å². The molecule has 0 aliphatic carbocycles. The van der Waals surface area contributed by atoms with Crippen LogP contribution in [-0.2, 0) is 13.6 Å². The third-order valence-electron chi connectivity index (χ3n) is 5.25. The predicted octanol–water partition coefficient (Wildman–Crippen LogP) is 2.24. The summed E-state index contributed by atoms with van der Waals surface area (Å²) in [6, 6.07) is 13.3. The molecule has 0 aliphatic heterocycles. The molecule has 0 spiro atoms. The molecule has 2 aromatic carbocycles. The van der Waals surface area contributed by atoms with E-state index in [1.165, 1.54) is 4.57 Å². The summed E-state index contributed by atoms with van der Waals surface area (Å²) in [6.07, 6.45) is 1.60. The van der Waals surface area contributed by atoms with E-state index in [1.807, 2.05) is 37.3 Å². The summed E-state index contributed by atoms with van der Waals surface area (Å²) >= 11 is 0. The number of rotatable bonds is 7. The monoisotopic (exact) mass is 448 g/mol. The minimum atomic E-state index is -0.534. The number of imidazole rings is 1. The second-order valence-electron chi connectivity index (χ2n) is 7.48. The van der Waals surface area contributed by atoms with Crippen LogP contribution in [0.3, 0.4) is 0 Å². The van der Waals surface area contributed by atoms with E-state index >= 15 is 0 Å². The normalized spacial score (nSPS) is 11.3. The Kier molecular flexibility index (Phi) is 5.99. The van der Waals surface area contributed by atoms with Gasteiger partial charge in [-0.05, 0) is 36.2 Å². The summed E-state index contributed by atoms with van der Waals surface area (Å²) < 4.78 is 13.6. The Morgan fingerprint density at radius 2 is 1.82 bits per heavy atom. The lowest BCUT2D eigenvalue weighted by Crippen LogP contribution is -2.29. The molecular weight excluding hydrogens is 424 g/mol. The van der Waals surface area contributed by atoms with Gasteiger partial charge in [0.15, 0.2) is 22.7 Å². The zero-order valence-electron chi connectivity index (χ0n) is 18.7. The van der Waals surface area contributed by atoms with Gasteiger partial charge >= 0.3 is 5.69 Å². The Hall–Kier alpha value is -4.34. The maximum absolute atomic E-state index is 12.6. The van der Waals surface area contributed by atoms with Crippen LogP contribution in [0.4, 0.5) is 5.95 Å². The highest BCUT2D eigenvalue weighted by Gasteiger charge is 2.17. The van der Waals surface area contributed by atoms with Gasteiger partial charge in [-0.1, -0.05) is 29.8 Å². The quantitative estimate of drug-likeness (QED) is 0.331. The van der Waals surface area contributed by atoms with E-state index in [0.717, 1.165) is 16.7 Å². The van der Waals surface area contributed by atoms with Crippen LogP contribution >= 0.6 is 0 Å². The number of hydrogen-bond donors (Lipinski definition) is 2. The predicted molar refractivity (Wildman–Crippen MR) is 127 cm³/mol. The van der Waals surface area contributed by atoms with E-state index in [1.54, 1.807) is 44.2 Å². The number of methoxy groups -OCH3 is 2. The average Bonchev–Trinajstić information content (AvgIpc) is 3.17. The minimum absolute atomic E-state index is 0.264. The molecule has 4 rings (SSSR count). The number of fused-ring (bicyclic) bond motifs is 1. The van der Waals surface area contributed by atoms with Crippen LogP contribution in [0.5, 0.6) is 11.5 Å². The summed E-state index contributed by atoms with van der Waals surface area (Å²) in [5.74, 6) is 1.52. The molecule has 10 nitrogen and oxygen atoms in total. The van der Waals surface area contributed by atoms with Gasteiger partial charge in [-0.15, -0.1) is 0 Å². The number of benzene rings is 2. The SMILES string of the molecule is COc1ccc(/C=N/Nc2nc3c(c(=O)[nH]c(=O)n3C)n2Cc2ccc(C)cc2)cc1OC. The fraction of sp³-hybridized carbons (Fsp3) is 0.217. The third kappa shape index (κ3) is 4.36. The number of hydrazone groups is 1. The van der Waals surface area contributed by atoms with Gasteiger partial charge in [0.25, 0.3) is 5.56 Å². The first-order chi connectivity index (χ1) is 15.9. The molecule has 0 amide bonds. The van der Waals surface area contributed by atoms with Crippen molar-refractivity contribution in [2.75, 3.05) is 19.6 Å². The zero-order chi connectivity index (χ0) is 23.5. The number of nitrogens with one attached hydrogen (secondary N) is 2. The first-order valence-electron chi connectivity index (χ1n) is 10.2. The van der Waals surface area contributed by atoms with Gasteiger partial charge in [-0.25, -0.2) is 10.2 Å². The lowest BCUT2D eigenvalue weighted by atomic mass is 10.1. The highest BCUT2D eigenvalue weighted by atomic mass is 16.5. The van der Waals surface area contributed by atoms with Crippen LogP contribution in [0, 0.1) is 6.92 Å². The molecule has 0 atom stereocenters. The number of anilines is 1. The molecule has 0 unspecified atom stereocenters. The van der Waals surface area contributed by atoms with Crippen LogP contribution in [0.25, 0.3) is 11.2 Å². The van der Waals surface area contributed by atoms with E-state index in [0.29, 0.717) is 24.0 Å². The number of aromatic amines is 1. The van der Waals surface area contributed by atoms with Crippen molar-refractivity contribution in [3.05, 3.63) is 80.0 Å². The van der Waals surface area contributed by atoms with Crippen LogP contribution in [0.15, 0.2) is 57.2 Å². The standard InChI is InChI=1S/C23H24N6O4/c1-14-5-7-15(8-6-14)13-29-19-20(28(2)23(31)26-21(19)30)25-22(29)27-24-12-16-9-10-17(32-3)18(11-16)33-4/h5-12H,13H2,1-4H3,(H,25,27)(H,26,30,31)/b24-12+. The third-order valence-corrected chi connectivity index (χ3v) is 5.25. The Balaban J connectivity index is 1.73. The van der Waals surface area contributed by atoms with Gasteiger partial charge in [0.05, 0.1) is 27.0 Å². The van der Waals surface area contributed by atoms with E-state index in [4.69, 9.17) is 9.47 Å². The number of H-pyrrole nitrogens is 1. The number of ether oxygens (including phenoxy) is 2. The van der Waals surface area contributed by atoms with Crippen LogP contribution in [-0.4, -0.2) is 39.5 Å². The highest BCUT2D eigenvalue weighted by Crippen LogP contribution is 2.27. The van der Waals surface area contributed by atoms with E-state index in [2.05, 4.69) is 20.5 Å². The number of aromatic nitrogens is 4. The van der Waals surface area contributed by atoms with Gasteiger partial charge in [0.1, 0.15) is 0 Å². The Morgan fingerprint density at radius 1 is 1.09 bits per heavy atom. The van der Waals surface area contributed by atoms with Crippen molar-refractivity contribution in [1.29, 1.82) is 0 Å². The van der Waals surface area contributed by atoms with Gasteiger partial charge in [0, 0.05) is 7.05 Å². The lowest BCUT2D eigenvalue weighted by Gasteiger charge is -2.09. The number of hydrogen-bond acceptors (Lipinski definition) is 7. The fourth-order valence-electron chi connectivity index (χ4n) is 3.45. The zero-order valence-corrected chi connectivity index (χ0v) is 18.7. The second-order valence-corrected chi connectivity index (χ2v) is 7.48. The Morgan fingerprint density at radius 3 is 2.52 bits per heavy atom. The molecular formula is C23H24N6O4. The summed E-state index contributed by atoms with van der Waals surface area (Å²) in [6.45, 7) is 2.37. The van der Waals surface area contributed by atoms with Crippen LogP contribution in [0.1, 0.15) is 16.7 Å². The molecule has 10 heteroatoms. The maximum Gasteiger partial charge on any atom is 0.329 e. The topological polar surface area (TPSA) is 116 Å². The molecule has 0 bridgehead atoms. The lowest BCUT2D eigenvalue weighted by molar-refractivity contribution is 0.355. The smallest absolute Gasteiger partial charge is 0.329 e. The Bertz CT molecular complexity index is 1450. The largest absolute Gasteiger partial charge is 0.493 e. The molecule has 2 N–H and O–H groups in total. The molecule has 2 heterocycles. The maximum atomic E-state index is 12.6. The van der Waals surface area contributed by atoms with Crippen molar-refractivity contribution in [2.24, 2.45) is 12.1 Å². The Labute approximate surface area is 189 Å². The molecule has 0 saturated carbocycles. The molecule has 0 aliphatic rings. The molecule has 4 aromatic rings. The molecule has 33 heavy (non-hydrogen) atoms. The van der Waals surface area contributed by atoms with Gasteiger partial charge in [-0.3, -0.25) is 18.9 Å². The summed E-state index contributed by atoms with van der Waals surface area (Å²) in [4.78, 5) is 31.5. The van der Waals surface area contributed by atoms with Crippen molar-refractivity contribution in [3.63, 3.8) is 0 Å². The first kappa shape index (κ1) is 21.9. The molecule has 0 saturated heterocycles. The molecule has 170 valence electrons. The van der Waals surface area contributed by atoms with E-state index in [-0.39, 0.29) is 11.2 Å². The highest BCUT2D eigenvalue weighted by molar-refractivity contribution is 5.82. The number of nitrogens with zero attached hydrogens (tertiary/aromatic N) is 4. The minimum Gasteiger partial charge on any atom is -0.493 e. The summed E-state index contributed by atoms with van der Waals surface area (Å²) in [5, 5.41) is 4.28. The van der Waals surface area contributed by atoms with E-state index < -0.39 is 11.2 Å². The molecule has 2 aromatic heterocycles. The van der Waals surface area contributed by atoms with Crippen molar-refractivity contribution in [2.45, 2.75) is 13.5 Å². The van der Waals surface area contributed by atoms with Gasteiger partial charge in [0.2, 0.25) is 5.95 Å². The number of aryl methyl sites for hydroxylation is 2. The summed E-state index contributed by atoms with van der Waals surface area (Å²) in [7, 11) is 4.69. The van der Waals surface area contributed by atoms with Crippen LogP contribution < -0.4 is 26.1 Å². The summed E-state index contributed by atoms with van der Waals surface area (Å²) in [5.41, 5.74) is 5.28. The van der Waals surface area contributed by atoms with Crippen molar-refractivity contribution in [3.8, 4) is 11.5 Å². The second kappa shape index (κ2) is 9.03. The van der Waals surface area contributed by atoms with Crippen molar-refractivity contribution in [1.82, 2.24) is 19.1 Å². The average molecular weight is 448 g/mol.